The highest BCUT2D eigenvalue weighted by Gasteiger charge is 2.37. The van der Waals surface area contributed by atoms with Gasteiger partial charge in [-0.1, -0.05) is 30.3 Å². The van der Waals surface area contributed by atoms with Crippen LogP contribution in [-0.2, 0) is 9.53 Å². The highest BCUT2D eigenvalue weighted by molar-refractivity contribution is 5.95. The quantitative estimate of drug-likeness (QED) is 0.674. The van der Waals surface area contributed by atoms with Gasteiger partial charge in [-0.05, 0) is 37.4 Å². The molecule has 2 bridgehead atoms. The molecule has 106 valence electrons. The monoisotopic (exact) mass is 272 g/mol. The Hall–Kier alpha value is -1.68. The minimum Gasteiger partial charge on any atom is -0.460 e. The van der Waals surface area contributed by atoms with Crippen LogP contribution in [0.4, 0.5) is 0 Å². The van der Waals surface area contributed by atoms with Gasteiger partial charge in [0.25, 0.3) is 0 Å². The Morgan fingerprint density at radius 2 is 2.00 bits per heavy atom. The minimum absolute atomic E-state index is 0.0103. The third kappa shape index (κ3) is 2.61. The van der Waals surface area contributed by atoms with Crippen molar-refractivity contribution >= 4 is 12.2 Å². The zero-order chi connectivity index (χ0) is 13.9. The summed E-state index contributed by atoms with van der Waals surface area (Å²) in [6.07, 6.45) is 3.44. The molecule has 3 aliphatic rings. The molecular formula is C16H20N2O2. The van der Waals surface area contributed by atoms with Crippen molar-refractivity contribution in [1.29, 1.82) is 5.41 Å². The number of hydrogen-bond acceptors (Lipinski definition) is 4. The first-order valence-corrected chi connectivity index (χ1v) is 7.26. The Balaban J connectivity index is 1.67. The molecule has 3 fully saturated rings. The lowest BCUT2D eigenvalue weighted by molar-refractivity contribution is -0.158. The summed E-state index contributed by atoms with van der Waals surface area (Å²) < 4.78 is 5.70. The molecule has 0 saturated carbocycles. The van der Waals surface area contributed by atoms with Gasteiger partial charge < -0.3 is 10.1 Å². The van der Waals surface area contributed by atoms with Crippen LogP contribution in [0.25, 0.3) is 0 Å². The average Bonchev–Trinajstić information content (AvgIpc) is 2.50. The van der Waals surface area contributed by atoms with Crippen LogP contribution >= 0.6 is 0 Å². The van der Waals surface area contributed by atoms with E-state index in [-0.39, 0.29) is 12.1 Å². The van der Waals surface area contributed by atoms with Crippen LogP contribution in [0.3, 0.4) is 0 Å². The molecule has 2 atom stereocenters. The topological polar surface area (TPSA) is 53.4 Å². The van der Waals surface area contributed by atoms with Crippen molar-refractivity contribution in [1.82, 2.24) is 4.90 Å². The molecule has 1 unspecified atom stereocenters. The summed E-state index contributed by atoms with van der Waals surface area (Å²) in [4.78, 5) is 14.7. The molecule has 20 heavy (non-hydrogen) atoms. The summed E-state index contributed by atoms with van der Waals surface area (Å²) in [5.41, 5.74) is 0.828. The molecule has 3 aliphatic heterocycles. The first-order chi connectivity index (χ1) is 9.78. The normalized spacial score (nSPS) is 29.7. The third-order valence-corrected chi connectivity index (χ3v) is 4.44. The van der Waals surface area contributed by atoms with Crippen LogP contribution in [0.15, 0.2) is 30.3 Å². The Kier molecular flexibility index (Phi) is 3.83. The van der Waals surface area contributed by atoms with Crippen LogP contribution < -0.4 is 0 Å². The Morgan fingerprint density at radius 3 is 2.55 bits per heavy atom. The lowest BCUT2D eigenvalue weighted by Gasteiger charge is -2.44. The Labute approximate surface area is 119 Å². The maximum absolute atomic E-state index is 12.3. The van der Waals surface area contributed by atoms with E-state index in [9.17, 15) is 4.79 Å². The highest BCUT2D eigenvalue weighted by Crippen LogP contribution is 2.30. The summed E-state index contributed by atoms with van der Waals surface area (Å²) in [6, 6.07) is 9.41. The molecule has 0 radical (unpaired) electrons. The van der Waals surface area contributed by atoms with Crippen LogP contribution in [0.5, 0.6) is 0 Å². The smallest absolute Gasteiger partial charge is 0.319 e. The molecule has 3 heterocycles. The maximum Gasteiger partial charge on any atom is 0.319 e. The Morgan fingerprint density at radius 1 is 1.30 bits per heavy atom. The number of hydrogen-bond donors (Lipinski definition) is 1. The number of fused-ring (bicyclic) bond motifs is 3. The second-order valence-corrected chi connectivity index (χ2v) is 5.67. The lowest BCUT2D eigenvalue weighted by atomic mass is 9.85. The second kappa shape index (κ2) is 5.75. The van der Waals surface area contributed by atoms with E-state index in [0.717, 1.165) is 38.0 Å². The van der Waals surface area contributed by atoms with E-state index in [2.05, 4.69) is 4.90 Å². The van der Waals surface area contributed by atoms with Gasteiger partial charge in [-0.15, -0.1) is 0 Å². The molecule has 1 aromatic rings. The molecule has 4 nitrogen and oxygen atoms in total. The molecule has 3 saturated heterocycles. The summed E-state index contributed by atoms with van der Waals surface area (Å²) in [7, 11) is 0. The third-order valence-electron chi connectivity index (χ3n) is 4.44. The largest absolute Gasteiger partial charge is 0.460 e. The molecule has 0 spiro atoms. The van der Waals surface area contributed by atoms with E-state index in [0.29, 0.717) is 5.92 Å². The minimum atomic E-state index is -0.577. The van der Waals surface area contributed by atoms with Crippen LogP contribution in [0.1, 0.15) is 24.3 Å². The fraction of sp³-hybridized carbons (Fsp3) is 0.500. The predicted octanol–water partition coefficient (Wildman–Crippen LogP) is 2.06. The number of benzene rings is 1. The van der Waals surface area contributed by atoms with Crippen molar-refractivity contribution in [3.8, 4) is 0 Å². The highest BCUT2D eigenvalue weighted by atomic mass is 16.5. The van der Waals surface area contributed by atoms with Crippen LogP contribution in [-0.4, -0.2) is 42.8 Å². The predicted molar refractivity (Wildman–Crippen MR) is 77.0 cm³/mol. The fourth-order valence-corrected chi connectivity index (χ4v) is 3.23. The number of rotatable bonds is 4. The fourth-order valence-electron chi connectivity index (χ4n) is 3.23. The van der Waals surface area contributed by atoms with Gasteiger partial charge in [-0.25, -0.2) is 0 Å². The number of esters is 1. The van der Waals surface area contributed by atoms with Gasteiger partial charge in [0.05, 0.1) is 0 Å². The van der Waals surface area contributed by atoms with Gasteiger partial charge in [0, 0.05) is 12.8 Å². The number of nitrogens with one attached hydrogen (secondary N) is 1. The number of ether oxygens (including phenoxy) is 1. The molecule has 0 aromatic heterocycles. The average molecular weight is 272 g/mol. The van der Waals surface area contributed by atoms with Crippen molar-refractivity contribution in [3.63, 3.8) is 0 Å². The SMILES string of the molecule is N=CC(C(=O)O[C@H]1CN2CCC1CC2)c1ccccc1. The summed E-state index contributed by atoms with van der Waals surface area (Å²) in [5.74, 6) is -0.359. The van der Waals surface area contributed by atoms with Gasteiger partial charge >= 0.3 is 5.97 Å². The van der Waals surface area contributed by atoms with Crippen molar-refractivity contribution < 1.29 is 9.53 Å². The van der Waals surface area contributed by atoms with E-state index in [1.54, 1.807) is 0 Å². The van der Waals surface area contributed by atoms with Gasteiger partial charge in [-0.2, -0.15) is 0 Å². The van der Waals surface area contributed by atoms with E-state index >= 15 is 0 Å². The summed E-state index contributed by atoms with van der Waals surface area (Å²) in [5, 5.41) is 7.51. The number of nitrogens with zero attached hydrogens (tertiary/aromatic N) is 1. The molecule has 1 aromatic carbocycles. The number of carbonyl (C=O) groups excluding carboxylic acids is 1. The van der Waals surface area contributed by atoms with E-state index in [4.69, 9.17) is 10.1 Å². The van der Waals surface area contributed by atoms with Gasteiger partial charge in [-0.3, -0.25) is 9.69 Å². The van der Waals surface area contributed by atoms with E-state index < -0.39 is 5.92 Å². The maximum atomic E-state index is 12.3. The molecular weight excluding hydrogens is 252 g/mol. The lowest BCUT2D eigenvalue weighted by Crippen LogP contribution is -2.52. The van der Waals surface area contributed by atoms with Gasteiger partial charge in [0.15, 0.2) is 0 Å². The van der Waals surface area contributed by atoms with Crippen molar-refractivity contribution in [3.05, 3.63) is 35.9 Å². The van der Waals surface area contributed by atoms with Crippen LogP contribution in [0, 0.1) is 11.3 Å². The molecule has 4 heteroatoms. The van der Waals surface area contributed by atoms with Crippen molar-refractivity contribution in [2.75, 3.05) is 19.6 Å². The van der Waals surface area contributed by atoms with E-state index in [1.807, 2.05) is 30.3 Å². The van der Waals surface area contributed by atoms with Gasteiger partial charge in [0.2, 0.25) is 0 Å². The van der Waals surface area contributed by atoms with Crippen molar-refractivity contribution in [2.45, 2.75) is 24.9 Å². The first-order valence-electron chi connectivity index (χ1n) is 7.26. The second-order valence-electron chi connectivity index (χ2n) is 5.67. The number of carbonyl (C=O) groups is 1. The standard InChI is InChI=1S/C16H20N2O2/c17-10-14(12-4-2-1-3-5-12)16(19)20-15-11-18-8-6-13(15)7-9-18/h1-5,10,13-15,17H,6-9,11H2/t14?,15-/m0/s1. The molecule has 0 amide bonds. The zero-order valence-corrected chi connectivity index (χ0v) is 11.5. The summed E-state index contributed by atoms with van der Waals surface area (Å²) in [6.45, 7) is 3.12. The Bertz CT molecular complexity index is 481. The van der Waals surface area contributed by atoms with Crippen molar-refractivity contribution in [2.24, 2.45) is 5.92 Å². The molecule has 0 aliphatic carbocycles. The molecule has 4 rings (SSSR count). The zero-order valence-electron chi connectivity index (χ0n) is 11.5. The summed E-state index contributed by atoms with van der Waals surface area (Å²) >= 11 is 0. The van der Waals surface area contributed by atoms with Crippen LogP contribution in [0.2, 0.25) is 0 Å². The number of piperidine rings is 3. The molecule has 1 N–H and O–H groups in total. The van der Waals surface area contributed by atoms with Gasteiger partial charge in [0.1, 0.15) is 12.0 Å². The van der Waals surface area contributed by atoms with E-state index in [1.165, 1.54) is 6.21 Å². The first kappa shape index (κ1) is 13.3.